The van der Waals surface area contributed by atoms with Gasteiger partial charge in [0.05, 0.1) is 11.3 Å². The van der Waals surface area contributed by atoms with Gasteiger partial charge in [-0.25, -0.2) is 0 Å². The number of halogens is 3. The van der Waals surface area contributed by atoms with Crippen LogP contribution >= 0.6 is 0 Å². The minimum absolute atomic E-state index is 0.107. The molecule has 0 bridgehead atoms. The van der Waals surface area contributed by atoms with E-state index in [1.54, 1.807) is 75.0 Å². The van der Waals surface area contributed by atoms with E-state index < -0.39 is 11.7 Å². The quantitative estimate of drug-likeness (QED) is 0.585. The molecule has 3 aromatic rings. The average molecular weight is 386 g/mol. The van der Waals surface area contributed by atoms with Crippen LogP contribution in [0.2, 0.25) is 0 Å². The standard InChI is InChI=1S/C22H21F3N2O/c1-14-5-6-15(2)27(14)20-12-11-18(13-19(20)22(23,24)25)16-7-9-17(10-8-16)21(28)26(3)4/h5-13H,1-4H3. The van der Waals surface area contributed by atoms with Crippen LogP contribution in [0, 0.1) is 13.8 Å². The molecule has 28 heavy (non-hydrogen) atoms. The third kappa shape index (κ3) is 3.67. The fraction of sp³-hybridized carbons (Fsp3) is 0.227. The van der Waals surface area contributed by atoms with Gasteiger partial charge in [0.1, 0.15) is 0 Å². The van der Waals surface area contributed by atoms with E-state index in [2.05, 4.69) is 0 Å². The number of benzene rings is 2. The molecule has 1 aromatic heterocycles. The van der Waals surface area contributed by atoms with E-state index in [0.717, 1.165) is 17.5 Å². The average Bonchev–Trinajstić information content (AvgIpc) is 2.98. The van der Waals surface area contributed by atoms with Gasteiger partial charge in [-0.1, -0.05) is 18.2 Å². The molecule has 2 aromatic carbocycles. The number of carbonyl (C=O) groups excluding carboxylic acids is 1. The Morgan fingerprint density at radius 1 is 0.857 bits per heavy atom. The maximum atomic E-state index is 13.8. The lowest BCUT2D eigenvalue weighted by Crippen LogP contribution is -2.21. The van der Waals surface area contributed by atoms with Crippen LogP contribution in [0.15, 0.2) is 54.6 Å². The highest BCUT2D eigenvalue weighted by atomic mass is 19.4. The Balaban J connectivity index is 2.09. The van der Waals surface area contributed by atoms with Crippen molar-refractivity contribution in [2.75, 3.05) is 14.1 Å². The van der Waals surface area contributed by atoms with E-state index in [1.165, 1.54) is 11.0 Å². The number of rotatable bonds is 3. The van der Waals surface area contributed by atoms with Crippen molar-refractivity contribution in [3.05, 3.63) is 77.1 Å². The predicted molar refractivity (Wildman–Crippen MR) is 104 cm³/mol. The maximum absolute atomic E-state index is 13.8. The molecule has 0 fully saturated rings. The summed E-state index contributed by atoms with van der Waals surface area (Å²) in [5, 5.41) is 0. The molecule has 1 heterocycles. The minimum atomic E-state index is -4.49. The number of alkyl halides is 3. The summed E-state index contributed by atoms with van der Waals surface area (Å²) < 4.78 is 43.0. The Morgan fingerprint density at radius 3 is 1.89 bits per heavy atom. The topological polar surface area (TPSA) is 25.2 Å². The van der Waals surface area contributed by atoms with Crippen molar-refractivity contribution in [3.8, 4) is 16.8 Å². The first-order valence-corrected chi connectivity index (χ1v) is 8.78. The first-order chi connectivity index (χ1) is 13.1. The summed E-state index contributed by atoms with van der Waals surface area (Å²) in [6.07, 6.45) is -4.49. The van der Waals surface area contributed by atoms with Crippen molar-refractivity contribution < 1.29 is 18.0 Å². The lowest BCUT2D eigenvalue weighted by atomic mass is 10.00. The Hall–Kier alpha value is -3.02. The fourth-order valence-electron chi connectivity index (χ4n) is 3.25. The molecule has 0 saturated heterocycles. The van der Waals surface area contributed by atoms with Gasteiger partial charge in [-0.2, -0.15) is 13.2 Å². The SMILES string of the molecule is Cc1ccc(C)n1-c1ccc(-c2ccc(C(=O)N(C)C)cc2)cc1C(F)(F)F. The zero-order valence-electron chi connectivity index (χ0n) is 16.1. The zero-order valence-corrected chi connectivity index (χ0v) is 16.1. The summed E-state index contributed by atoms with van der Waals surface area (Å²) in [5.41, 5.74) is 2.44. The zero-order chi connectivity index (χ0) is 20.6. The largest absolute Gasteiger partial charge is 0.418 e. The third-order valence-corrected chi connectivity index (χ3v) is 4.69. The molecule has 0 spiro atoms. The van der Waals surface area contributed by atoms with Crippen molar-refractivity contribution in [1.29, 1.82) is 0 Å². The summed E-state index contributed by atoms with van der Waals surface area (Å²) in [4.78, 5) is 13.4. The second-order valence-corrected chi connectivity index (χ2v) is 6.96. The molecule has 3 nitrogen and oxygen atoms in total. The van der Waals surface area contributed by atoms with E-state index >= 15 is 0 Å². The van der Waals surface area contributed by atoms with Gasteiger partial charge < -0.3 is 9.47 Å². The third-order valence-electron chi connectivity index (χ3n) is 4.69. The molecule has 0 atom stereocenters. The van der Waals surface area contributed by atoms with Crippen molar-refractivity contribution in [3.63, 3.8) is 0 Å². The van der Waals surface area contributed by atoms with Crippen LogP contribution in [0.4, 0.5) is 13.2 Å². The number of aryl methyl sites for hydroxylation is 2. The van der Waals surface area contributed by atoms with Gasteiger partial charge in [0.2, 0.25) is 0 Å². The van der Waals surface area contributed by atoms with E-state index in [1.807, 2.05) is 0 Å². The van der Waals surface area contributed by atoms with Crippen molar-refractivity contribution in [1.82, 2.24) is 9.47 Å². The van der Waals surface area contributed by atoms with Gasteiger partial charge in [-0.05, 0) is 61.4 Å². The van der Waals surface area contributed by atoms with Crippen LogP contribution in [-0.2, 0) is 6.18 Å². The van der Waals surface area contributed by atoms with Gasteiger partial charge in [0.25, 0.3) is 5.91 Å². The molecule has 0 radical (unpaired) electrons. The van der Waals surface area contributed by atoms with Crippen LogP contribution in [-0.4, -0.2) is 29.5 Å². The first kappa shape index (κ1) is 19.7. The van der Waals surface area contributed by atoms with Crippen LogP contribution < -0.4 is 0 Å². The summed E-state index contributed by atoms with van der Waals surface area (Å²) in [5.74, 6) is -0.156. The van der Waals surface area contributed by atoms with Crippen LogP contribution in [0.25, 0.3) is 16.8 Å². The van der Waals surface area contributed by atoms with Crippen molar-refractivity contribution >= 4 is 5.91 Å². The van der Waals surface area contributed by atoms with E-state index in [4.69, 9.17) is 0 Å². The highest BCUT2D eigenvalue weighted by Gasteiger charge is 2.34. The molecule has 0 unspecified atom stereocenters. The Morgan fingerprint density at radius 2 is 1.39 bits per heavy atom. The number of nitrogens with zero attached hydrogens (tertiary/aromatic N) is 2. The van der Waals surface area contributed by atoms with Gasteiger partial charge in [-0.3, -0.25) is 4.79 Å². The predicted octanol–water partition coefficient (Wildman–Crippen LogP) is 5.48. The number of carbonyl (C=O) groups is 1. The number of aromatic nitrogens is 1. The smallest absolute Gasteiger partial charge is 0.345 e. The summed E-state index contributed by atoms with van der Waals surface area (Å²) in [6.45, 7) is 3.56. The van der Waals surface area contributed by atoms with E-state index in [-0.39, 0.29) is 11.6 Å². The molecule has 6 heteroatoms. The normalized spacial score (nSPS) is 11.5. The van der Waals surface area contributed by atoms with Crippen LogP contribution in [0.5, 0.6) is 0 Å². The van der Waals surface area contributed by atoms with E-state index in [0.29, 0.717) is 16.7 Å². The molecule has 0 aliphatic carbocycles. The monoisotopic (exact) mass is 386 g/mol. The second-order valence-electron chi connectivity index (χ2n) is 6.96. The van der Waals surface area contributed by atoms with Gasteiger partial charge in [0.15, 0.2) is 0 Å². The molecule has 1 amide bonds. The Bertz CT molecular complexity index is 996. The fourth-order valence-corrected chi connectivity index (χ4v) is 3.25. The highest BCUT2D eigenvalue weighted by Crippen LogP contribution is 2.37. The summed E-state index contributed by atoms with van der Waals surface area (Å²) >= 11 is 0. The maximum Gasteiger partial charge on any atom is 0.418 e. The van der Waals surface area contributed by atoms with Crippen molar-refractivity contribution in [2.45, 2.75) is 20.0 Å². The lowest BCUT2D eigenvalue weighted by molar-refractivity contribution is -0.137. The second kappa shape index (κ2) is 7.19. The minimum Gasteiger partial charge on any atom is -0.345 e. The van der Waals surface area contributed by atoms with Crippen LogP contribution in [0.3, 0.4) is 0 Å². The van der Waals surface area contributed by atoms with E-state index in [9.17, 15) is 18.0 Å². The number of hydrogen-bond donors (Lipinski definition) is 0. The molecule has 0 aliphatic rings. The van der Waals surface area contributed by atoms with Crippen molar-refractivity contribution in [2.24, 2.45) is 0 Å². The summed E-state index contributed by atoms with van der Waals surface area (Å²) in [7, 11) is 3.30. The molecule has 0 saturated carbocycles. The van der Waals surface area contributed by atoms with Crippen LogP contribution in [0.1, 0.15) is 27.3 Å². The molecule has 0 aliphatic heterocycles. The lowest BCUT2D eigenvalue weighted by Gasteiger charge is -2.18. The molecular weight excluding hydrogens is 365 g/mol. The van der Waals surface area contributed by atoms with Gasteiger partial charge in [-0.15, -0.1) is 0 Å². The molecular formula is C22H21F3N2O. The number of hydrogen-bond acceptors (Lipinski definition) is 1. The molecule has 3 rings (SSSR count). The molecule has 146 valence electrons. The Kier molecular flexibility index (Phi) is 5.06. The number of amides is 1. The molecule has 0 N–H and O–H groups in total. The van der Waals surface area contributed by atoms with Gasteiger partial charge >= 0.3 is 6.18 Å². The van der Waals surface area contributed by atoms with Gasteiger partial charge in [0, 0.05) is 31.0 Å². The first-order valence-electron chi connectivity index (χ1n) is 8.78. The Labute approximate surface area is 162 Å². The summed E-state index contributed by atoms with van der Waals surface area (Å²) in [6, 6.07) is 14.5. The highest BCUT2D eigenvalue weighted by molar-refractivity contribution is 5.94.